The van der Waals surface area contributed by atoms with Gasteiger partial charge in [0.15, 0.2) is 5.13 Å². The molecule has 1 aromatic carbocycles. The molecule has 5 nitrogen and oxygen atoms in total. The highest BCUT2D eigenvalue weighted by Gasteiger charge is 2.26. The number of fused-ring (bicyclic) bond motifs is 1. The largest absolute Gasteiger partial charge is 0.373 e. The summed E-state index contributed by atoms with van der Waals surface area (Å²) in [6.07, 6.45) is 0.655. The van der Waals surface area contributed by atoms with Crippen LogP contribution in [-0.2, 0) is 17.8 Å². The number of amides is 1. The summed E-state index contributed by atoms with van der Waals surface area (Å²) >= 11 is 7.55. The number of nitrogens with zero attached hydrogens (tertiary/aromatic N) is 2. The standard InChI is InChI=1S/C15H17ClN4OS/c1-20(2)15-18-11(8-22-15)7-17-14(21)13-6-9-5-10(16)3-4-12(9)19-13/h3-5,8,13,19H,6-7H2,1-2H3,(H,17,21)/t13-/m0/s1. The minimum Gasteiger partial charge on any atom is -0.373 e. The molecule has 1 aromatic heterocycles. The van der Waals surface area contributed by atoms with Crippen molar-refractivity contribution in [3.05, 3.63) is 39.9 Å². The molecule has 0 fully saturated rings. The monoisotopic (exact) mass is 336 g/mol. The molecule has 0 saturated carbocycles. The first-order chi connectivity index (χ1) is 10.5. The van der Waals surface area contributed by atoms with Crippen LogP contribution >= 0.6 is 22.9 Å². The third-order valence-electron chi connectivity index (χ3n) is 3.50. The molecule has 2 aromatic rings. The summed E-state index contributed by atoms with van der Waals surface area (Å²) in [5.74, 6) is -0.0216. The Morgan fingerprint density at radius 1 is 1.55 bits per heavy atom. The van der Waals surface area contributed by atoms with Crippen molar-refractivity contribution in [2.24, 2.45) is 0 Å². The van der Waals surface area contributed by atoms with E-state index in [2.05, 4.69) is 15.6 Å². The van der Waals surface area contributed by atoms with Crippen molar-refractivity contribution >= 4 is 39.7 Å². The number of anilines is 2. The molecule has 1 atom stereocenters. The van der Waals surface area contributed by atoms with Crippen LogP contribution in [0.4, 0.5) is 10.8 Å². The van der Waals surface area contributed by atoms with Crippen molar-refractivity contribution in [1.82, 2.24) is 10.3 Å². The van der Waals surface area contributed by atoms with Gasteiger partial charge in [-0.05, 0) is 23.8 Å². The lowest BCUT2D eigenvalue weighted by Crippen LogP contribution is -2.38. The van der Waals surface area contributed by atoms with Crippen molar-refractivity contribution in [2.75, 3.05) is 24.3 Å². The number of carbonyl (C=O) groups excluding carboxylic acids is 1. The normalized spacial score (nSPS) is 16.0. The maximum Gasteiger partial charge on any atom is 0.243 e. The topological polar surface area (TPSA) is 57.3 Å². The maximum absolute atomic E-state index is 12.3. The molecule has 7 heteroatoms. The number of rotatable bonds is 4. The van der Waals surface area contributed by atoms with Crippen LogP contribution in [0.2, 0.25) is 5.02 Å². The fourth-order valence-corrected chi connectivity index (χ4v) is 3.33. The smallest absolute Gasteiger partial charge is 0.243 e. The van der Waals surface area contributed by atoms with Crippen LogP contribution < -0.4 is 15.5 Å². The minimum atomic E-state index is -0.250. The van der Waals surface area contributed by atoms with Gasteiger partial charge in [0, 0.05) is 36.6 Å². The first-order valence-electron chi connectivity index (χ1n) is 6.97. The Labute approximate surface area is 138 Å². The van der Waals surface area contributed by atoms with E-state index in [-0.39, 0.29) is 11.9 Å². The number of hydrogen-bond acceptors (Lipinski definition) is 5. The lowest BCUT2D eigenvalue weighted by atomic mass is 10.1. The van der Waals surface area contributed by atoms with E-state index in [1.54, 1.807) is 11.3 Å². The Kier molecular flexibility index (Phi) is 4.22. The average Bonchev–Trinajstić information content (AvgIpc) is 3.10. The molecule has 2 N–H and O–H groups in total. The number of thiazole rings is 1. The highest BCUT2D eigenvalue weighted by molar-refractivity contribution is 7.13. The second-order valence-corrected chi connectivity index (χ2v) is 6.71. The molecule has 116 valence electrons. The fourth-order valence-electron chi connectivity index (χ4n) is 2.37. The van der Waals surface area contributed by atoms with Crippen LogP contribution in [0.3, 0.4) is 0 Å². The van der Waals surface area contributed by atoms with Crippen molar-refractivity contribution in [1.29, 1.82) is 0 Å². The van der Waals surface area contributed by atoms with Gasteiger partial charge in [0.25, 0.3) is 0 Å². The predicted octanol–water partition coefficient (Wildman–Crippen LogP) is 2.52. The minimum absolute atomic E-state index is 0.0216. The van der Waals surface area contributed by atoms with Crippen LogP contribution in [0.25, 0.3) is 0 Å². The second kappa shape index (κ2) is 6.14. The molecule has 2 heterocycles. The maximum atomic E-state index is 12.3. The molecule has 1 amide bonds. The first kappa shape index (κ1) is 15.1. The van der Waals surface area contributed by atoms with Crippen molar-refractivity contribution in [3.8, 4) is 0 Å². The number of benzene rings is 1. The summed E-state index contributed by atoms with van der Waals surface area (Å²) in [4.78, 5) is 18.7. The molecule has 0 unspecified atom stereocenters. The van der Waals surface area contributed by atoms with E-state index >= 15 is 0 Å². The molecule has 1 aliphatic rings. The van der Waals surface area contributed by atoms with E-state index in [1.165, 1.54) is 0 Å². The molecule has 22 heavy (non-hydrogen) atoms. The Bertz CT molecular complexity index is 701. The quantitative estimate of drug-likeness (QED) is 0.900. The third-order valence-corrected chi connectivity index (χ3v) is 4.80. The van der Waals surface area contributed by atoms with Gasteiger partial charge in [0.2, 0.25) is 5.91 Å². The molecule has 0 spiro atoms. The molecular formula is C15H17ClN4OS. The number of aromatic nitrogens is 1. The van der Waals surface area contributed by atoms with Crippen LogP contribution in [0.5, 0.6) is 0 Å². The zero-order valence-corrected chi connectivity index (χ0v) is 14.0. The molecule has 1 aliphatic heterocycles. The van der Waals surface area contributed by atoms with Gasteiger partial charge in [-0.15, -0.1) is 11.3 Å². The molecular weight excluding hydrogens is 320 g/mol. The second-order valence-electron chi connectivity index (χ2n) is 5.44. The van der Waals surface area contributed by atoms with Crippen LogP contribution in [0.15, 0.2) is 23.6 Å². The van der Waals surface area contributed by atoms with E-state index in [9.17, 15) is 4.79 Å². The number of nitrogens with one attached hydrogen (secondary N) is 2. The molecule has 3 rings (SSSR count). The number of hydrogen-bond donors (Lipinski definition) is 2. The van der Waals surface area contributed by atoms with E-state index < -0.39 is 0 Å². The molecule has 0 saturated heterocycles. The van der Waals surface area contributed by atoms with Gasteiger partial charge in [-0.2, -0.15) is 0 Å². The predicted molar refractivity (Wildman–Crippen MR) is 90.9 cm³/mol. The molecule has 0 bridgehead atoms. The zero-order valence-electron chi connectivity index (χ0n) is 12.4. The lowest BCUT2D eigenvalue weighted by molar-refractivity contribution is -0.121. The first-order valence-corrected chi connectivity index (χ1v) is 8.23. The molecule has 0 radical (unpaired) electrons. The van der Waals surface area contributed by atoms with Crippen LogP contribution in [0, 0.1) is 0 Å². The van der Waals surface area contributed by atoms with Gasteiger partial charge in [0.05, 0.1) is 12.2 Å². The van der Waals surface area contributed by atoms with Gasteiger partial charge in [0.1, 0.15) is 6.04 Å². The van der Waals surface area contributed by atoms with Gasteiger partial charge >= 0.3 is 0 Å². The van der Waals surface area contributed by atoms with Crippen molar-refractivity contribution in [2.45, 2.75) is 19.0 Å². The average molecular weight is 337 g/mol. The van der Waals surface area contributed by atoms with Gasteiger partial charge < -0.3 is 15.5 Å². The van der Waals surface area contributed by atoms with Crippen molar-refractivity contribution in [3.63, 3.8) is 0 Å². The Morgan fingerprint density at radius 2 is 2.36 bits per heavy atom. The zero-order chi connectivity index (χ0) is 15.7. The van der Waals surface area contributed by atoms with Gasteiger partial charge in [-0.1, -0.05) is 11.6 Å². The summed E-state index contributed by atoms with van der Waals surface area (Å²) in [6.45, 7) is 0.443. The van der Waals surface area contributed by atoms with Crippen molar-refractivity contribution < 1.29 is 4.79 Å². The Morgan fingerprint density at radius 3 is 3.09 bits per heavy atom. The van der Waals surface area contributed by atoms with Gasteiger partial charge in [-0.25, -0.2) is 4.98 Å². The summed E-state index contributed by atoms with van der Waals surface area (Å²) in [5.41, 5.74) is 2.94. The molecule has 0 aliphatic carbocycles. The SMILES string of the molecule is CN(C)c1nc(CNC(=O)[C@@H]2Cc3cc(Cl)ccc3N2)cs1. The lowest BCUT2D eigenvalue weighted by Gasteiger charge is -2.11. The summed E-state index contributed by atoms with van der Waals surface area (Å²) in [7, 11) is 3.90. The summed E-state index contributed by atoms with van der Waals surface area (Å²) in [5, 5.41) is 9.75. The third kappa shape index (κ3) is 3.18. The Hall–Kier alpha value is -1.79. The Balaban J connectivity index is 1.57. The fraction of sp³-hybridized carbons (Fsp3) is 0.333. The summed E-state index contributed by atoms with van der Waals surface area (Å²) < 4.78 is 0. The van der Waals surface area contributed by atoms with Crippen LogP contribution in [0.1, 0.15) is 11.3 Å². The van der Waals surface area contributed by atoms with E-state index in [4.69, 9.17) is 11.6 Å². The van der Waals surface area contributed by atoms with E-state index in [0.29, 0.717) is 18.0 Å². The van der Waals surface area contributed by atoms with Crippen LogP contribution in [-0.4, -0.2) is 31.0 Å². The van der Waals surface area contributed by atoms with E-state index in [1.807, 2.05) is 42.6 Å². The number of carbonyl (C=O) groups is 1. The van der Waals surface area contributed by atoms with Gasteiger partial charge in [-0.3, -0.25) is 4.79 Å². The highest BCUT2D eigenvalue weighted by Crippen LogP contribution is 2.28. The highest BCUT2D eigenvalue weighted by atomic mass is 35.5. The van der Waals surface area contributed by atoms with E-state index in [0.717, 1.165) is 22.1 Å². The number of halogens is 1. The summed E-state index contributed by atoms with van der Waals surface area (Å²) in [6, 6.07) is 5.39.